The van der Waals surface area contributed by atoms with Gasteiger partial charge in [-0.3, -0.25) is 14.8 Å². The fourth-order valence-corrected chi connectivity index (χ4v) is 3.57. The fraction of sp³-hybridized carbons (Fsp3) is 0.800. The third-order valence-electron chi connectivity index (χ3n) is 4.73. The molecule has 23 heavy (non-hydrogen) atoms. The summed E-state index contributed by atoms with van der Waals surface area (Å²) in [5.74, 6) is -0.500. The summed E-state index contributed by atoms with van der Waals surface area (Å²) >= 11 is 0. The van der Waals surface area contributed by atoms with Crippen LogP contribution in [0.15, 0.2) is 0 Å². The van der Waals surface area contributed by atoms with Crippen LogP contribution in [0.25, 0.3) is 0 Å². The molecule has 3 amide bonds. The molecule has 1 aliphatic heterocycles. The summed E-state index contributed by atoms with van der Waals surface area (Å²) in [6.07, 6.45) is 5.53. The van der Waals surface area contributed by atoms with E-state index in [0.717, 1.165) is 43.5 Å². The molecule has 1 saturated carbocycles. The van der Waals surface area contributed by atoms with Crippen LogP contribution in [-0.2, 0) is 9.59 Å². The summed E-state index contributed by atoms with van der Waals surface area (Å²) in [6, 6.07) is 0. The average Bonchev–Trinajstić information content (AvgIpc) is 3.06. The first-order chi connectivity index (χ1) is 11.0. The van der Waals surface area contributed by atoms with E-state index in [9.17, 15) is 24.7 Å². The van der Waals surface area contributed by atoms with Crippen molar-refractivity contribution in [3.8, 4) is 0 Å². The van der Waals surface area contributed by atoms with Crippen LogP contribution >= 0.6 is 0 Å². The molecule has 0 aromatic carbocycles. The third kappa shape index (κ3) is 4.57. The second-order valence-electron chi connectivity index (χ2n) is 6.38. The highest BCUT2D eigenvalue weighted by Gasteiger charge is 2.35. The molecule has 2 fully saturated rings. The number of amides is 3. The number of hydrazine groups is 1. The van der Waals surface area contributed by atoms with E-state index in [1.165, 1.54) is 5.01 Å². The summed E-state index contributed by atoms with van der Waals surface area (Å²) in [4.78, 5) is 34.8. The van der Waals surface area contributed by atoms with Crippen molar-refractivity contribution >= 4 is 18.4 Å². The van der Waals surface area contributed by atoms with Crippen molar-refractivity contribution in [2.45, 2.75) is 44.9 Å². The van der Waals surface area contributed by atoms with Crippen LogP contribution < -0.4 is 0 Å². The number of carboxylic acid groups (broad SMARTS) is 1. The monoisotopic (exact) mass is 327 g/mol. The minimum Gasteiger partial charge on any atom is -0.464 e. The minimum atomic E-state index is -1.14. The average molecular weight is 327 g/mol. The molecule has 130 valence electrons. The van der Waals surface area contributed by atoms with Crippen molar-refractivity contribution in [2.75, 3.05) is 19.6 Å². The lowest BCUT2D eigenvalue weighted by atomic mass is 9.92. The lowest BCUT2D eigenvalue weighted by molar-refractivity contribution is -0.165. The van der Waals surface area contributed by atoms with Crippen LogP contribution in [0.1, 0.15) is 44.9 Å². The molecular weight excluding hydrogens is 302 g/mol. The van der Waals surface area contributed by atoms with E-state index in [4.69, 9.17) is 0 Å². The molecule has 0 aromatic rings. The molecule has 8 heteroatoms. The van der Waals surface area contributed by atoms with Crippen molar-refractivity contribution in [1.82, 2.24) is 15.1 Å². The SMILES string of the molecule is O=CN(O)C[C@@H](CC1CCCC1)C(=O)N1CCCCN1C(=O)O. The van der Waals surface area contributed by atoms with E-state index >= 15 is 0 Å². The topological polar surface area (TPSA) is 101 Å². The van der Waals surface area contributed by atoms with Gasteiger partial charge in [0.25, 0.3) is 0 Å². The summed E-state index contributed by atoms with van der Waals surface area (Å²) in [7, 11) is 0. The molecular formula is C15H25N3O5. The van der Waals surface area contributed by atoms with Crippen molar-refractivity contribution in [3.63, 3.8) is 0 Å². The second kappa shape index (κ2) is 8.14. The van der Waals surface area contributed by atoms with Crippen LogP contribution in [0.4, 0.5) is 4.79 Å². The van der Waals surface area contributed by atoms with E-state index in [-0.39, 0.29) is 18.9 Å². The Labute approximate surface area is 135 Å². The fourth-order valence-electron chi connectivity index (χ4n) is 3.57. The Bertz CT molecular complexity index is 439. The Morgan fingerprint density at radius 3 is 2.30 bits per heavy atom. The molecule has 0 bridgehead atoms. The molecule has 1 aliphatic carbocycles. The molecule has 0 radical (unpaired) electrons. The van der Waals surface area contributed by atoms with E-state index in [0.29, 0.717) is 30.5 Å². The van der Waals surface area contributed by atoms with Gasteiger partial charge < -0.3 is 5.11 Å². The van der Waals surface area contributed by atoms with Gasteiger partial charge in [0, 0.05) is 13.1 Å². The molecule has 1 atom stereocenters. The summed E-state index contributed by atoms with van der Waals surface area (Å²) < 4.78 is 0. The minimum absolute atomic E-state index is 0.0945. The first-order valence-corrected chi connectivity index (χ1v) is 8.25. The van der Waals surface area contributed by atoms with Crippen LogP contribution in [0.5, 0.6) is 0 Å². The van der Waals surface area contributed by atoms with Gasteiger partial charge in [-0.15, -0.1) is 0 Å². The number of rotatable bonds is 6. The predicted octanol–water partition coefficient (Wildman–Crippen LogP) is 1.55. The van der Waals surface area contributed by atoms with E-state index in [1.807, 2.05) is 0 Å². The standard InChI is InChI=1S/C15H25N3O5/c19-11-16(23)10-13(9-12-5-1-2-6-12)14(20)17-7-3-4-8-18(17)15(21)22/h11-13,23H,1-10H2,(H,21,22)/t13-/m1/s1. The molecule has 0 unspecified atom stereocenters. The highest BCUT2D eigenvalue weighted by atomic mass is 16.5. The van der Waals surface area contributed by atoms with Crippen molar-refractivity contribution < 1.29 is 24.7 Å². The first-order valence-electron chi connectivity index (χ1n) is 8.25. The molecule has 8 nitrogen and oxygen atoms in total. The van der Waals surface area contributed by atoms with Gasteiger partial charge in [-0.1, -0.05) is 25.7 Å². The highest BCUT2D eigenvalue weighted by molar-refractivity contribution is 5.81. The van der Waals surface area contributed by atoms with Gasteiger partial charge in [0.1, 0.15) is 0 Å². The lowest BCUT2D eigenvalue weighted by Gasteiger charge is -2.39. The summed E-state index contributed by atoms with van der Waals surface area (Å²) in [6.45, 7) is 0.565. The third-order valence-corrected chi connectivity index (χ3v) is 4.73. The van der Waals surface area contributed by atoms with Crippen LogP contribution in [0, 0.1) is 11.8 Å². The Kier molecular flexibility index (Phi) is 6.20. The van der Waals surface area contributed by atoms with Gasteiger partial charge >= 0.3 is 6.09 Å². The molecule has 0 spiro atoms. The smallest absolute Gasteiger partial charge is 0.426 e. The van der Waals surface area contributed by atoms with E-state index in [1.54, 1.807) is 0 Å². The molecule has 1 saturated heterocycles. The maximum Gasteiger partial charge on any atom is 0.426 e. The zero-order valence-corrected chi connectivity index (χ0v) is 13.3. The van der Waals surface area contributed by atoms with Crippen LogP contribution in [0.2, 0.25) is 0 Å². The quantitative estimate of drug-likeness (QED) is 0.438. The number of hydrogen-bond acceptors (Lipinski definition) is 4. The highest BCUT2D eigenvalue weighted by Crippen LogP contribution is 2.31. The van der Waals surface area contributed by atoms with Crippen molar-refractivity contribution in [1.29, 1.82) is 0 Å². The molecule has 2 N–H and O–H groups in total. The van der Waals surface area contributed by atoms with Crippen molar-refractivity contribution in [3.05, 3.63) is 0 Å². The Hall–Kier alpha value is -1.83. The molecule has 2 aliphatic rings. The van der Waals surface area contributed by atoms with E-state index < -0.39 is 12.0 Å². The normalized spacial score (nSPS) is 20.4. The van der Waals surface area contributed by atoms with Gasteiger partial charge in [-0.25, -0.2) is 19.9 Å². The largest absolute Gasteiger partial charge is 0.464 e. The number of carbonyl (C=O) groups is 3. The maximum absolute atomic E-state index is 12.8. The predicted molar refractivity (Wildman–Crippen MR) is 80.3 cm³/mol. The van der Waals surface area contributed by atoms with Gasteiger partial charge in [0.15, 0.2) is 0 Å². The zero-order chi connectivity index (χ0) is 16.8. The number of hydroxylamine groups is 2. The number of hydrogen-bond donors (Lipinski definition) is 2. The first kappa shape index (κ1) is 17.5. The van der Waals surface area contributed by atoms with Gasteiger partial charge in [0.05, 0.1) is 12.5 Å². The Morgan fingerprint density at radius 2 is 1.74 bits per heavy atom. The van der Waals surface area contributed by atoms with Crippen molar-refractivity contribution in [2.24, 2.45) is 11.8 Å². The number of carbonyl (C=O) groups excluding carboxylic acids is 2. The number of nitrogens with zero attached hydrogens (tertiary/aromatic N) is 3. The second-order valence-corrected chi connectivity index (χ2v) is 6.38. The van der Waals surface area contributed by atoms with Gasteiger partial charge in [0.2, 0.25) is 12.3 Å². The summed E-state index contributed by atoms with van der Waals surface area (Å²) in [5, 5.41) is 21.6. The van der Waals surface area contributed by atoms with Crippen LogP contribution in [0.3, 0.4) is 0 Å². The summed E-state index contributed by atoms with van der Waals surface area (Å²) in [5.41, 5.74) is 0. The van der Waals surface area contributed by atoms with E-state index in [2.05, 4.69) is 0 Å². The lowest BCUT2D eigenvalue weighted by Crippen LogP contribution is -2.55. The van der Waals surface area contributed by atoms with Gasteiger partial charge in [-0.2, -0.15) is 0 Å². The maximum atomic E-state index is 12.8. The molecule has 2 rings (SSSR count). The molecule has 0 aromatic heterocycles. The zero-order valence-electron chi connectivity index (χ0n) is 13.3. The Morgan fingerprint density at radius 1 is 1.13 bits per heavy atom. The van der Waals surface area contributed by atoms with Gasteiger partial charge in [-0.05, 0) is 25.2 Å². The molecule has 1 heterocycles. The Balaban J connectivity index is 2.09. The van der Waals surface area contributed by atoms with Crippen LogP contribution in [-0.4, -0.2) is 63.4 Å².